The first-order valence-corrected chi connectivity index (χ1v) is 4.32. The van der Waals surface area contributed by atoms with Crippen LogP contribution in [0.5, 0.6) is 0 Å². The Morgan fingerprint density at radius 2 is 2.25 bits per heavy atom. The summed E-state index contributed by atoms with van der Waals surface area (Å²) in [4.78, 5) is 9.34. The molecule has 0 fully saturated rings. The number of rotatable bonds is 3. The number of nitroso groups, excluding NO2 is 1. The number of hydrogen-bond acceptors (Lipinski definition) is 5. The fraction of sp³-hybridized carbons (Fsp3) is 0.200. The Morgan fingerprint density at radius 3 is 2.67 bits per heavy atom. The van der Waals surface area contributed by atoms with E-state index in [0.717, 1.165) is 12.3 Å². The number of furan rings is 1. The smallest absolute Gasteiger partial charge is 0.297 e. The van der Waals surface area contributed by atoms with Gasteiger partial charge < -0.3 is 4.42 Å². The summed E-state index contributed by atoms with van der Waals surface area (Å²) in [6.07, 6.45) is 0.843. The largest absolute Gasteiger partial charge is 0.466 e. The summed E-state index contributed by atoms with van der Waals surface area (Å²) < 4.78 is 33.9. The molecule has 0 spiro atoms. The third kappa shape index (κ3) is 1.89. The van der Waals surface area contributed by atoms with E-state index < -0.39 is 10.1 Å². The van der Waals surface area contributed by atoms with Crippen molar-refractivity contribution >= 4 is 10.1 Å². The Balaban J connectivity index is 2.99. The summed E-state index contributed by atoms with van der Waals surface area (Å²) in [6, 6.07) is 1.04. The molecular weight excluding hydrogens is 186 g/mol. The molecule has 1 aromatic heterocycles. The molecule has 0 saturated carbocycles. The Kier molecular flexibility index (Phi) is 2.25. The van der Waals surface area contributed by atoms with Crippen LogP contribution in [0.1, 0.15) is 5.76 Å². The molecule has 0 aliphatic carbocycles. The maximum absolute atomic E-state index is 10.4. The lowest BCUT2D eigenvalue weighted by Gasteiger charge is -1.84. The first kappa shape index (κ1) is 8.88. The van der Waals surface area contributed by atoms with Gasteiger partial charge in [-0.3, -0.25) is 4.55 Å². The minimum Gasteiger partial charge on any atom is -0.466 e. The summed E-state index contributed by atoms with van der Waals surface area (Å²) in [7, 11) is -4.24. The van der Waals surface area contributed by atoms with Gasteiger partial charge in [0, 0.05) is 6.07 Å². The molecule has 1 rings (SSSR count). The van der Waals surface area contributed by atoms with Gasteiger partial charge in [-0.1, -0.05) is 5.18 Å². The van der Waals surface area contributed by atoms with E-state index in [2.05, 4.69) is 9.59 Å². The van der Waals surface area contributed by atoms with Gasteiger partial charge in [0.2, 0.25) is 0 Å². The van der Waals surface area contributed by atoms with Crippen LogP contribution in [-0.4, -0.2) is 13.0 Å². The van der Waals surface area contributed by atoms with Crippen molar-refractivity contribution in [2.75, 3.05) is 0 Å². The van der Waals surface area contributed by atoms with Crippen LogP contribution in [0.15, 0.2) is 26.8 Å². The second kappa shape index (κ2) is 3.03. The predicted molar refractivity (Wildman–Crippen MR) is 38.0 cm³/mol. The molecule has 0 bridgehead atoms. The molecule has 0 saturated heterocycles. The van der Waals surface area contributed by atoms with E-state index in [-0.39, 0.29) is 17.2 Å². The average molecular weight is 191 g/mol. The van der Waals surface area contributed by atoms with Crippen LogP contribution >= 0.6 is 0 Å². The highest BCUT2D eigenvalue weighted by Gasteiger charge is 2.13. The predicted octanol–water partition coefficient (Wildman–Crippen LogP) is 0.793. The van der Waals surface area contributed by atoms with E-state index in [9.17, 15) is 13.3 Å². The van der Waals surface area contributed by atoms with E-state index in [4.69, 9.17) is 4.55 Å². The summed E-state index contributed by atoms with van der Waals surface area (Å²) in [5.41, 5.74) is 0. The minimum atomic E-state index is -4.24. The summed E-state index contributed by atoms with van der Waals surface area (Å²) in [5.74, 6) is 0.0950. The zero-order valence-electron chi connectivity index (χ0n) is 5.80. The van der Waals surface area contributed by atoms with Gasteiger partial charge in [-0.2, -0.15) is 13.3 Å². The lowest BCUT2D eigenvalue weighted by atomic mass is 10.5. The highest BCUT2D eigenvalue weighted by atomic mass is 32.2. The van der Waals surface area contributed by atoms with Crippen LogP contribution in [0.4, 0.5) is 0 Å². The molecule has 0 unspecified atom stereocenters. The minimum absolute atomic E-state index is 0.0950. The highest BCUT2D eigenvalue weighted by molar-refractivity contribution is 7.85. The molecule has 0 atom stereocenters. The van der Waals surface area contributed by atoms with Gasteiger partial charge in [0.25, 0.3) is 10.1 Å². The number of nitrogens with zero attached hydrogens (tertiary/aromatic N) is 1. The van der Waals surface area contributed by atoms with Crippen LogP contribution in [0.2, 0.25) is 0 Å². The molecule has 0 aliphatic heterocycles. The van der Waals surface area contributed by atoms with Crippen LogP contribution in [0.3, 0.4) is 0 Å². The van der Waals surface area contributed by atoms with Crippen molar-refractivity contribution in [1.29, 1.82) is 0 Å². The normalized spacial score (nSPS) is 11.4. The number of hydrogen-bond donors (Lipinski definition) is 1. The lowest BCUT2D eigenvalue weighted by Crippen LogP contribution is -1.94. The van der Waals surface area contributed by atoms with Gasteiger partial charge in [-0.25, -0.2) is 0 Å². The van der Waals surface area contributed by atoms with E-state index in [1.807, 2.05) is 0 Å². The quantitative estimate of drug-likeness (QED) is 0.562. The first-order valence-electron chi connectivity index (χ1n) is 2.88. The van der Waals surface area contributed by atoms with Gasteiger partial charge in [-0.15, -0.1) is 0 Å². The molecule has 12 heavy (non-hydrogen) atoms. The maximum Gasteiger partial charge on any atom is 0.297 e. The second-order valence-corrected chi connectivity index (χ2v) is 3.43. The third-order valence-corrected chi connectivity index (χ3v) is 1.96. The molecule has 1 N–H and O–H groups in total. The molecular formula is C5H5NO5S. The van der Waals surface area contributed by atoms with Crippen LogP contribution in [0, 0.1) is 4.91 Å². The molecule has 0 amide bonds. The summed E-state index contributed by atoms with van der Waals surface area (Å²) in [6.45, 7) is -0.254. The van der Waals surface area contributed by atoms with Crippen LogP contribution in [0.25, 0.3) is 0 Å². The Morgan fingerprint density at radius 1 is 1.58 bits per heavy atom. The summed E-state index contributed by atoms with van der Waals surface area (Å²) >= 11 is 0. The van der Waals surface area contributed by atoms with Crippen molar-refractivity contribution in [3.63, 3.8) is 0 Å². The molecule has 0 aliphatic rings. The van der Waals surface area contributed by atoms with Gasteiger partial charge >= 0.3 is 0 Å². The zero-order chi connectivity index (χ0) is 9.19. The summed E-state index contributed by atoms with van der Waals surface area (Å²) in [5, 5.41) is 2.48. The fourth-order valence-electron chi connectivity index (χ4n) is 0.642. The first-order chi connectivity index (χ1) is 5.54. The lowest BCUT2D eigenvalue weighted by molar-refractivity contribution is 0.477. The van der Waals surface area contributed by atoms with Crippen molar-refractivity contribution in [3.8, 4) is 0 Å². The van der Waals surface area contributed by atoms with Gasteiger partial charge in [0.05, 0.1) is 0 Å². The van der Waals surface area contributed by atoms with Gasteiger partial charge in [0.15, 0.2) is 0 Å². The van der Waals surface area contributed by atoms with E-state index in [1.54, 1.807) is 0 Å². The van der Waals surface area contributed by atoms with Crippen LogP contribution < -0.4 is 0 Å². The Bertz CT molecular complexity index is 378. The van der Waals surface area contributed by atoms with Gasteiger partial charge in [0.1, 0.15) is 23.5 Å². The standard InChI is InChI=1S/C5H5NO5S/c7-6-2-4-1-5(3-11-4)12(8,9)10/h1,3H,2H2,(H,8,9,10). The van der Waals surface area contributed by atoms with Crippen molar-refractivity contribution in [2.24, 2.45) is 5.18 Å². The Hall–Kier alpha value is -1.21. The molecule has 0 radical (unpaired) electrons. The third-order valence-electron chi connectivity index (χ3n) is 1.15. The van der Waals surface area contributed by atoms with E-state index >= 15 is 0 Å². The molecule has 0 aromatic carbocycles. The zero-order valence-corrected chi connectivity index (χ0v) is 6.61. The van der Waals surface area contributed by atoms with E-state index in [1.165, 1.54) is 0 Å². The van der Waals surface area contributed by atoms with Crippen molar-refractivity contribution in [3.05, 3.63) is 23.0 Å². The highest BCUT2D eigenvalue weighted by Crippen LogP contribution is 2.13. The topological polar surface area (TPSA) is 96.9 Å². The molecule has 7 heteroatoms. The van der Waals surface area contributed by atoms with Gasteiger partial charge in [-0.05, 0) is 0 Å². The van der Waals surface area contributed by atoms with Crippen molar-refractivity contribution in [2.45, 2.75) is 11.4 Å². The monoisotopic (exact) mass is 191 g/mol. The van der Waals surface area contributed by atoms with Crippen molar-refractivity contribution < 1.29 is 17.4 Å². The van der Waals surface area contributed by atoms with Crippen LogP contribution in [-0.2, 0) is 16.7 Å². The molecule has 1 aromatic rings. The average Bonchev–Trinajstić information content (AvgIpc) is 2.35. The Labute approximate surface area is 67.9 Å². The molecule has 6 nitrogen and oxygen atoms in total. The maximum atomic E-state index is 10.4. The second-order valence-electron chi connectivity index (χ2n) is 2.01. The molecule has 66 valence electrons. The fourth-order valence-corrected chi connectivity index (χ4v) is 1.09. The molecule has 1 heterocycles. The SMILES string of the molecule is O=NCc1cc(S(=O)(=O)O)co1. The van der Waals surface area contributed by atoms with Crippen molar-refractivity contribution in [1.82, 2.24) is 0 Å². The van der Waals surface area contributed by atoms with E-state index in [0.29, 0.717) is 0 Å².